The van der Waals surface area contributed by atoms with Crippen molar-refractivity contribution < 1.29 is 8.78 Å². The first-order valence-corrected chi connectivity index (χ1v) is 5.94. The van der Waals surface area contributed by atoms with Crippen LogP contribution in [0.25, 0.3) is 11.3 Å². The van der Waals surface area contributed by atoms with Gasteiger partial charge in [0.05, 0.1) is 0 Å². The van der Waals surface area contributed by atoms with Crippen LogP contribution in [0.2, 0.25) is 0 Å². The summed E-state index contributed by atoms with van der Waals surface area (Å²) in [6, 6.07) is 5.38. The number of nitrogen functional groups attached to an aromatic ring is 1. The molecular formula is C13H14F2N4. The minimum absolute atomic E-state index is 0.0284. The average Bonchev–Trinajstić information content (AvgIpc) is 2.40. The molecule has 100 valence electrons. The molecule has 0 bridgehead atoms. The summed E-state index contributed by atoms with van der Waals surface area (Å²) in [5, 5.41) is 2.84. The zero-order valence-electron chi connectivity index (χ0n) is 10.5. The van der Waals surface area contributed by atoms with E-state index < -0.39 is 11.6 Å². The van der Waals surface area contributed by atoms with Crippen LogP contribution in [-0.2, 0) is 0 Å². The summed E-state index contributed by atoms with van der Waals surface area (Å²) in [4.78, 5) is 7.69. The molecule has 2 rings (SSSR count). The maximum atomic E-state index is 14.2. The number of hydrogen-bond acceptors (Lipinski definition) is 4. The Bertz CT molecular complexity index is 570. The van der Waals surface area contributed by atoms with Gasteiger partial charge in [-0.2, -0.15) is 4.98 Å². The molecule has 0 atom stereocenters. The zero-order valence-corrected chi connectivity index (χ0v) is 10.5. The number of benzene rings is 1. The molecule has 0 saturated heterocycles. The number of anilines is 2. The predicted molar refractivity (Wildman–Crippen MR) is 70.6 cm³/mol. The lowest BCUT2D eigenvalue weighted by molar-refractivity contribution is 0.620. The molecule has 1 aromatic heterocycles. The van der Waals surface area contributed by atoms with Gasteiger partial charge in [-0.25, -0.2) is 13.8 Å². The summed E-state index contributed by atoms with van der Waals surface area (Å²) < 4.78 is 27.1. The van der Waals surface area contributed by atoms with E-state index in [2.05, 4.69) is 15.3 Å². The predicted octanol–water partition coefficient (Wildman–Crippen LogP) is 2.83. The smallest absolute Gasteiger partial charge is 0.222 e. The fourth-order valence-corrected chi connectivity index (χ4v) is 1.62. The minimum atomic E-state index is -0.589. The highest BCUT2D eigenvalue weighted by atomic mass is 19.1. The standard InChI is InChI=1S/C13H14F2N4/c1-2-7-17-12-10(15)11(18-13(16)19-12)8-3-5-9(14)6-4-8/h3-6H,2,7H2,1H3,(H3,16,17,18,19). The molecule has 6 heteroatoms. The summed E-state index contributed by atoms with van der Waals surface area (Å²) >= 11 is 0. The van der Waals surface area contributed by atoms with Gasteiger partial charge in [0.2, 0.25) is 5.95 Å². The third-order valence-electron chi connectivity index (χ3n) is 2.53. The SMILES string of the molecule is CCCNc1nc(N)nc(-c2ccc(F)cc2)c1F. The lowest BCUT2D eigenvalue weighted by Crippen LogP contribution is -2.09. The van der Waals surface area contributed by atoms with Crippen LogP contribution in [0.3, 0.4) is 0 Å². The zero-order chi connectivity index (χ0) is 13.8. The molecule has 0 fully saturated rings. The largest absolute Gasteiger partial charge is 0.368 e. The Morgan fingerprint density at radius 2 is 1.84 bits per heavy atom. The van der Waals surface area contributed by atoms with E-state index in [1.807, 2.05) is 6.92 Å². The lowest BCUT2D eigenvalue weighted by atomic mass is 10.1. The quantitative estimate of drug-likeness (QED) is 0.891. The van der Waals surface area contributed by atoms with Gasteiger partial charge >= 0.3 is 0 Å². The van der Waals surface area contributed by atoms with E-state index in [1.165, 1.54) is 24.3 Å². The van der Waals surface area contributed by atoms with Crippen molar-refractivity contribution >= 4 is 11.8 Å². The van der Waals surface area contributed by atoms with Crippen LogP contribution >= 0.6 is 0 Å². The van der Waals surface area contributed by atoms with E-state index in [1.54, 1.807) is 0 Å². The van der Waals surface area contributed by atoms with Crippen LogP contribution in [0, 0.1) is 11.6 Å². The van der Waals surface area contributed by atoms with Crippen molar-refractivity contribution in [2.45, 2.75) is 13.3 Å². The Labute approximate surface area is 109 Å². The average molecular weight is 264 g/mol. The van der Waals surface area contributed by atoms with Gasteiger partial charge in [-0.15, -0.1) is 0 Å². The van der Waals surface area contributed by atoms with Crippen LogP contribution in [0.1, 0.15) is 13.3 Å². The van der Waals surface area contributed by atoms with E-state index >= 15 is 0 Å². The molecule has 19 heavy (non-hydrogen) atoms. The van der Waals surface area contributed by atoms with Crippen LogP contribution in [0.15, 0.2) is 24.3 Å². The van der Waals surface area contributed by atoms with Crippen molar-refractivity contribution in [2.75, 3.05) is 17.6 Å². The van der Waals surface area contributed by atoms with Gasteiger partial charge < -0.3 is 11.1 Å². The fraction of sp³-hybridized carbons (Fsp3) is 0.231. The number of nitrogens with zero attached hydrogens (tertiary/aromatic N) is 2. The van der Waals surface area contributed by atoms with Gasteiger partial charge in [-0.05, 0) is 30.7 Å². The first kappa shape index (κ1) is 13.2. The topological polar surface area (TPSA) is 63.8 Å². The molecule has 3 N–H and O–H groups in total. The van der Waals surface area contributed by atoms with Gasteiger partial charge in [0.25, 0.3) is 0 Å². The lowest BCUT2D eigenvalue weighted by Gasteiger charge is -2.09. The van der Waals surface area contributed by atoms with Crippen LogP contribution in [0.4, 0.5) is 20.5 Å². The highest BCUT2D eigenvalue weighted by molar-refractivity contribution is 5.65. The monoisotopic (exact) mass is 264 g/mol. The summed E-state index contributed by atoms with van der Waals surface area (Å²) in [5.74, 6) is -0.947. The number of hydrogen-bond donors (Lipinski definition) is 2. The summed E-state index contributed by atoms with van der Waals surface area (Å²) in [5.41, 5.74) is 6.08. The highest BCUT2D eigenvalue weighted by Crippen LogP contribution is 2.25. The summed E-state index contributed by atoms with van der Waals surface area (Å²) in [6.45, 7) is 2.53. The Morgan fingerprint density at radius 1 is 1.16 bits per heavy atom. The molecule has 1 heterocycles. The molecule has 1 aromatic carbocycles. The maximum Gasteiger partial charge on any atom is 0.222 e. The number of halogens is 2. The van der Waals surface area contributed by atoms with Crippen LogP contribution in [0.5, 0.6) is 0 Å². The van der Waals surface area contributed by atoms with E-state index in [9.17, 15) is 8.78 Å². The first-order valence-electron chi connectivity index (χ1n) is 5.94. The molecule has 0 aliphatic carbocycles. The van der Waals surface area contributed by atoms with Crippen molar-refractivity contribution in [1.82, 2.24) is 9.97 Å². The summed E-state index contributed by atoms with van der Waals surface area (Å²) in [7, 11) is 0. The van der Waals surface area contributed by atoms with E-state index in [0.717, 1.165) is 6.42 Å². The minimum Gasteiger partial charge on any atom is -0.368 e. The van der Waals surface area contributed by atoms with Gasteiger partial charge in [-0.3, -0.25) is 0 Å². The van der Waals surface area contributed by atoms with Crippen molar-refractivity contribution in [1.29, 1.82) is 0 Å². The van der Waals surface area contributed by atoms with Crippen molar-refractivity contribution in [3.63, 3.8) is 0 Å². The van der Waals surface area contributed by atoms with Crippen LogP contribution in [-0.4, -0.2) is 16.5 Å². The second kappa shape index (κ2) is 5.60. The second-order valence-corrected chi connectivity index (χ2v) is 4.03. The van der Waals surface area contributed by atoms with Crippen molar-refractivity contribution in [3.8, 4) is 11.3 Å². The molecule has 0 radical (unpaired) electrons. The third kappa shape index (κ3) is 2.96. The van der Waals surface area contributed by atoms with Gasteiger partial charge in [0.15, 0.2) is 11.6 Å². The molecule has 0 spiro atoms. The maximum absolute atomic E-state index is 14.2. The Hall–Kier alpha value is -2.24. The van der Waals surface area contributed by atoms with Gasteiger partial charge in [-0.1, -0.05) is 6.92 Å². The normalized spacial score (nSPS) is 10.5. The fourth-order valence-electron chi connectivity index (χ4n) is 1.62. The Balaban J connectivity index is 2.45. The van der Waals surface area contributed by atoms with E-state index in [-0.39, 0.29) is 17.5 Å². The van der Waals surface area contributed by atoms with E-state index in [4.69, 9.17) is 5.73 Å². The van der Waals surface area contributed by atoms with Crippen molar-refractivity contribution in [3.05, 3.63) is 35.9 Å². The number of nitrogens with two attached hydrogens (primary N) is 1. The molecular weight excluding hydrogens is 250 g/mol. The second-order valence-electron chi connectivity index (χ2n) is 4.03. The molecule has 4 nitrogen and oxygen atoms in total. The molecule has 0 aliphatic heterocycles. The van der Waals surface area contributed by atoms with Crippen molar-refractivity contribution in [2.24, 2.45) is 0 Å². The van der Waals surface area contributed by atoms with Gasteiger partial charge in [0, 0.05) is 12.1 Å². The number of aromatic nitrogens is 2. The Kier molecular flexibility index (Phi) is 3.89. The molecule has 0 saturated carbocycles. The third-order valence-corrected chi connectivity index (χ3v) is 2.53. The van der Waals surface area contributed by atoms with Crippen LogP contribution < -0.4 is 11.1 Å². The highest BCUT2D eigenvalue weighted by Gasteiger charge is 2.14. The molecule has 0 aliphatic rings. The first-order chi connectivity index (χ1) is 9.11. The molecule has 2 aromatic rings. The Morgan fingerprint density at radius 3 is 2.47 bits per heavy atom. The molecule has 0 unspecified atom stereocenters. The summed E-state index contributed by atoms with van der Waals surface area (Å²) in [6.07, 6.45) is 0.829. The number of rotatable bonds is 4. The number of nitrogens with one attached hydrogen (secondary N) is 1. The van der Waals surface area contributed by atoms with E-state index in [0.29, 0.717) is 12.1 Å². The molecule has 0 amide bonds. The van der Waals surface area contributed by atoms with Gasteiger partial charge in [0.1, 0.15) is 11.5 Å².